The van der Waals surface area contributed by atoms with Crippen LogP contribution in [0.3, 0.4) is 0 Å². The lowest BCUT2D eigenvalue weighted by molar-refractivity contribution is -0.150. The van der Waals surface area contributed by atoms with Gasteiger partial charge in [-0.3, -0.25) is 4.79 Å². The molecule has 6 heteroatoms. The van der Waals surface area contributed by atoms with Gasteiger partial charge >= 0.3 is 0 Å². The average Bonchev–Trinajstić information content (AvgIpc) is 2.72. The zero-order chi connectivity index (χ0) is 21.3. The van der Waals surface area contributed by atoms with Gasteiger partial charge in [0.05, 0.1) is 6.04 Å². The summed E-state index contributed by atoms with van der Waals surface area (Å²) in [7, 11) is 0. The zero-order valence-corrected chi connectivity index (χ0v) is 17.8. The van der Waals surface area contributed by atoms with E-state index >= 15 is 0 Å². The van der Waals surface area contributed by atoms with Gasteiger partial charge in [-0.15, -0.1) is 0 Å². The molecule has 4 rings (SSSR count). The molecule has 1 aliphatic heterocycles. The molecule has 0 aliphatic carbocycles. The number of benzene rings is 3. The van der Waals surface area contributed by atoms with Crippen molar-refractivity contribution < 1.29 is 13.9 Å². The third-order valence-corrected chi connectivity index (χ3v) is 5.75. The third kappa shape index (κ3) is 4.51. The van der Waals surface area contributed by atoms with Crippen molar-refractivity contribution in [2.24, 2.45) is 0 Å². The predicted octanol–water partition coefficient (Wildman–Crippen LogP) is 5.98. The maximum Gasteiger partial charge on any atom is 0.250 e. The first-order valence-corrected chi connectivity index (χ1v) is 10.4. The second kappa shape index (κ2) is 8.76. The van der Waals surface area contributed by atoms with E-state index < -0.39 is 18.2 Å². The van der Waals surface area contributed by atoms with Gasteiger partial charge in [0.1, 0.15) is 18.0 Å². The van der Waals surface area contributed by atoms with Gasteiger partial charge in [0.2, 0.25) is 5.91 Å². The van der Waals surface area contributed by atoms with E-state index in [0.717, 1.165) is 16.7 Å². The number of ether oxygens (including phenoxy) is 1. The molecule has 3 aromatic rings. The summed E-state index contributed by atoms with van der Waals surface area (Å²) in [4.78, 5) is 12.9. The minimum atomic E-state index is -0.813. The highest BCUT2D eigenvalue weighted by molar-refractivity contribution is 6.30. The molecule has 3 atom stereocenters. The van der Waals surface area contributed by atoms with Crippen LogP contribution in [0, 0.1) is 12.7 Å². The molecule has 0 saturated carbocycles. The summed E-state index contributed by atoms with van der Waals surface area (Å²) in [6.07, 6.45) is -1.12. The smallest absolute Gasteiger partial charge is 0.250 e. The number of hydrogen-bond donors (Lipinski definition) is 1. The molecule has 3 nitrogen and oxygen atoms in total. The average molecular weight is 444 g/mol. The lowest BCUT2D eigenvalue weighted by atomic mass is 9.92. The second-order valence-electron chi connectivity index (χ2n) is 7.43. The highest BCUT2D eigenvalue weighted by atomic mass is 35.5. The Balaban J connectivity index is 1.66. The lowest BCUT2D eigenvalue weighted by Gasteiger charge is -2.37. The molecular weight excluding hydrogens is 424 g/mol. The molecule has 0 bridgehead atoms. The molecule has 1 aliphatic rings. The molecular formula is C24H20Cl2FNO2. The van der Waals surface area contributed by atoms with Crippen LogP contribution in [-0.4, -0.2) is 12.0 Å². The van der Waals surface area contributed by atoms with Crippen molar-refractivity contribution in [1.29, 1.82) is 0 Å². The van der Waals surface area contributed by atoms with Crippen molar-refractivity contribution in [3.63, 3.8) is 0 Å². The Morgan fingerprint density at radius 3 is 2.13 bits per heavy atom. The first kappa shape index (κ1) is 20.9. The number of rotatable bonds is 4. The fourth-order valence-corrected chi connectivity index (χ4v) is 3.90. The molecule has 1 saturated heterocycles. The van der Waals surface area contributed by atoms with Crippen LogP contribution in [0.15, 0.2) is 66.7 Å². The van der Waals surface area contributed by atoms with Gasteiger partial charge in [0, 0.05) is 16.5 Å². The number of amides is 1. The fraction of sp³-hybridized carbons (Fsp3) is 0.208. The number of aryl methyl sites for hydroxylation is 1. The third-order valence-electron chi connectivity index (χ3n) is 5.25. The van der Waals surface area contributed by atoms with Crippen molar-refractivity contribution in [2.45, 2.75) is 31.6 Å². The highest BCUT2D eigenvalue weighted by Crippen LogP contribution is 2.37. The van der Waals surface area contributed by atoms with E-state index in [2.05, 4.69) is 5.32 Å². The number of carbonyl (C=O) groups is 1. The first-order valence-electron chi connectivity index (χ1n) is 9.62. The minimum absolute atomic E-state index is 0.148. The molecule has 154 valence electrons. The number of carbonyl (C=O) groups excluding carboxylic acids is 1. The number of halogens is 3. The van der Waals surface area contributed by atoms with E-state index in [0.29, 0.717) is 15.6 Å². The Bertz CT molecular complexity index is 1050. The number of morpholine rings is 1. The van der Waals surface area contributed by atoms with Crippen LogP contribution in [0.2, 0.25) is 10.0 Å². The van der Waals surface area contributed by atoms with Gasteiger partial charge in [-0.05, 0) is 59.5 Å². The maximum absolute atomic E-state index is 14.4. The summed E-state index contributed by atoms with van der Waals surface area (Å²) >= 11 is 12.1. The lowest BCUT2D eigenvalue weighted by Crippen LogP contribution is -2.48. The molecule has 0 radical (unpaired) electrons. The van der Waals surface area contributed by atoms with E-state index in [1.165, 1.54) is 6.07 Å². The van der Waals surface area contributed by atoms with Gasteiger partial charge in [-0.2, -0.15) is 0 Å². The monoisotopic (exact) mass is 443 g/mol. The quantitative estimate of drug-likeness (QED) is 0.538. The van der Waals surface area contributed by atoms with E-state index in [9.17, 15) is 9.18 Å². The summed E-state index contributed by atoms with van der Waals surface area (Å²) < 4.78 is 20.6. The largest absolute Gasteiger partial charge is 0.358 e. The molecule has 0 aromatic heterocycles. The Morgan fingerprint density at radius 2 is 1.53 bits per heavy atom. The van der Waals surface area contributed by atoms with E-state index in [-0.39, 0.29) is 18.1 Å². The van der Waals surface area contributed by atoms with Gasteiger partial charge in [0.25, 0.3) is 0 Å². The Morgan fingerprint density at radius 1 is 0.933 bits per heavy atom. The van der Waals surface area contributed by atoms with Crippen LogP contribution in [-0.2, 0) is 16.0 Å². The Hall–Kier alpha value is -2.40. The van der Waals surface area contributed by atoms with Crippen molar-refractivity contribution in [3.8, 4) is 0 Å². The van der Waals surface area contributed by atoms with Crippen molar-refractivity contribution in [3.05, 3.63) is 105 Å². The summed E-state index contributed by atoms with van der Waals surface area (Å²) in [5.74, 6) is -0.616. The van der Waals surface area contributed by atoms with Crippen LogP contribution < -0.4 is 5.32 Å². The minimum Gasteiger partial charge on any atom is -0.358 e. The Kier molecular flexibility index (Phi) is 6.09. The van der Waals surface area contributed by atoms with Crippen LogP contribution in [0.4, 0.5) is 4.39 Å². The molecule has 3 aromatic carbocycles. The second-order valence-corrected chi connectivity index (χ2v) is 8.31. The van der Waals surface area contributed by atoms with Gasteiger partial charge < -0.3 is 10.1 Å². The molecule has 1 amide bonds. The SMILES string of the molecule is Cc1ccc(C[C@@H]2O[C@@H](c3ccc(Cl)cc3)[C@@H](c3ccc(Cl)cc3)NC2=O)c(F)c1. The molecule has 0 unspecified atom stereocenters. The molecule has 1 N–H and O–H groups in total. The Labute approximate surface area is 184 Å². The molecule has 0 spiro atoms. The van der Waals surface area contributed by atoms with Gasteiger partial charge in [-0.1, -0.05) is 59.6 Å². The van der Waals surface area contributed by atoms with Crippen molar-refractivity contribution in [2.75, 3.05) is 0 Å². The molecule has 1 fully saturated rings. The van der Waals surface area contributed by atoms with Crippen molar-refractivity contribution >= 4 is 29.1 Å². The van der Waals surface area contributed by atoms with E-state index in [1.807, 2.05) is 37.3 Å². The first-order chi connectivity index (χ1) is 14.4. The van der Waals surface area contributed by atoms with E-state index in [1.54, 1.807) is 30.3 Å². The predicted molar refractivity (Wildman–Crippen MR) is 116 cm³/mol. The maximum atomic E-state index is 14.4. The van der Waals surface area contributed by atoms with Crippen LogP contribution >= 0.6 is 23.2 Å². The number of nitrogens with one attached hydrogen (secondary N) is 1. The molecule has 1 heterocycles. The summed E-state index contributed by atoms with van der Waals surface area (Å²) in [6, 6.07) is 19.2. The standard InChI is InChI=1S/C24H20Cl2FNO2/c1-14-2-3-17(20(27)12-14)13-21-24(29)28-22(15-4-8-18(25)9-5-15)23(30-21)16-6-10-19(26)11-7-16/h2-12,21-23H,13H2,1H3,(H,28,29)/t21-,22+,23-/m0/s1. The van der Waals surface area contributed by atoms with Gasteiger partial charge in [-0.25, -0.2) is 4.39 Å². The summed E-state index contributed by atoms with van der Waals surface area (Å²) in [5.41, 5.74) is 3.01. The summed E-state index contributed by atoms with van der Waals surface area (Å²) in [5, 5.41) is 4.27. The van der Waals surface area contributed by atoms with Crippen LogP contribution in [0.5, 0.6) is 0 Å². The zero-order valence-electron chi connectivity index (χ0n) is 16.2. The van der Waals surface area contributed by atoms with Gasteiger partial charge in [0.15, 0.2) is 0 Å². The molecule has 30 heavy (non-hydrogen) atoms. The van der Waals surface area contributed by atoms with Crippen LogP contribution in [0.1, 0.15) is 34.4 Å². The fourth-order valence-electron chi connectivity index (χ4n) is 3.65. The van der Waals surface area contributed by atoms with Crippen LogP contribution in [0.25, 0.3) is 0 Å². The van der Waals surface area contributed by atoms with E-state index in [4.69, 9.17) is 27.9 Å². The topological polar surface area (TPSA) is 38.3 Å². The highest BCUT2D eigenvalue weighted by Gasteiger charge is 2.38. The summed E-state index contributed by atoms with van der Waals surface area (Å²) in [6.45, 7) is 1.82. The normalized spacial score (nSPS) is 21.3. The van der Waals surface area contributed by atoms with Crippen molar-refractivity contribution in [1.82, 2.24) is 5.32 Å². The number of hydrogen-bond acceptors (Lipinski definition) is 2.